The molecule has 1 aliphatic carbocycles. The summed E-state index contributed by atoms with van der Waals surface area (Å²) in [5.74, 6) is -0.103. The van der Waals surface area contributed by atoms with Crippen LogP contribution in [-0.4, -0.2) is 46.2 Å². The van der Waals surface area contributed by atoms with E-state index in [2.05, 4.69) is 31.5 Å². The Morgan fingerprint density at radius 2 is 1.90 bits per heavy atom. The molecule has 2 fully saturated rings. The Morgan fingerprint density at radius 1 is 1.21 bits per heavy atom. The van der Waals surface area contributed by atoms with Crippen molar-refractivity contribution in [1.29, 1.82) is 0 Å². The molecule has 0 spiro atoms. The molecule has 3 heterocycles. The van der Waals surface area contributed by atoms with Crippen molar-refractivity contribution in [2.45, 2.75) is 31.8 Å². The number of fused-ring (bicyclic) bond motifs is 2. The Hall–Kier alpha value is -2.58. The maximum atomic E-state index is 12.8. The van der Waals surface area contributed by atoms with Crippen LogP contribution in [0.5, 0.6) is 0 Å². The summed E-state index contributed by atoms with van der Waals surface area (Å²) in [5.41, 5.74) is 1.57. The highest BCUT2D eigenvalue weighted by Crippen LogP contribution is 2.55. The number of imide groups is 1. The number of aromatic nitrogens is 1. The van der Waals surface area contributed by atoms with Crippen LogP contribution in [0.4, 0.5) is 5.82 Å². The molecule has 3 aliphatic rings. The minimum atomic E-state index is -0.371. The van der Waals surface area contributed by atoms with Crippen molar-refractivity contribution in [3.8, 4) is 0 Å². The first-order valence-corrected chi connectivity index (χ1v) is 10.3. The number of hydrogen-bond donors (Lipinski definition) is 2. The maximum Gasteiger partial charge on any atom is 0.261 e. The Bertz CT molecular complexity index is 1040. The highest BCUT2D eigenvalue weighted by atomic mass is 79.9. The van der Waals surface area contributed by atoms with Crippen molar-refractivity contribution in [1.82, 2.24) is 15.2 Å². The molecule has 29 heavy (non-hydrogen) atoms. The number of carbonyl (C=O) groups excluding carboxylic acids is 3. The van der Waals surface area contributed by atoms with Crippen LogP contribution in [0.1, 0.15) is 39.1 Å². The third-order valence-corrected chi connectivity index (χ3v) is 6.62. The van der Waals surface area contributed by atoms with Gasteiger partial charge in [-0.25, -0.2) is 4.98 Å². The number of nitrogens with zero attached hydrogens (tertiary/aromatic N) is 2. The quantitative estimate of drug-likeness (QED) is 0.546. The number of carbonyl (C=O) groups is 3. The predicted molar refractivity (Wildman–Crippen MR) is 109 cm³/mol. The van der Waals surface area contributed by atoms with Gasteiger partial charge in [-0.2, -0.15) is 0 Å². The number of aryl methyl sites for hydroxylation is 1. The summed E-state index contributed by atoms with van der Waals surface area (Å²) < 4.78 is 0.655. The van der Waals surface area contributed by atoms with Crippen molar-refractivity contribution in [3.63, 3.8) is 0 Å². The van der Waals surface area contributed by atoms with Crippen molar-refractivity contribution in [2.75, 3.05) is 11.9 Å². The maximum absolute atomic E-state index is 12.8. The second kappa shape index (κ2) is 6.47. The van der Waals surface area contributed by atoms with E-state index in [1.165, 1.54) is 4.90 Å². The van der Waals surface area contributed by atoms with Gasteiger partial charge < -0.3 is 10.6 Å². The smallest absolute Gasteiger partial charge is 0.261 e. The summed E-state index contributed by atoms with van der Waals surface area (Å²) in [5, 5.41) is 6.23. The van der Waals surface area contributed by atoms with Crippen LogP contribution in [0.3, 0.4) is 0 Å². The van der Waals surface area contributed by atoms with Gasteiger partial charge in [0.1, 0.15) is 10.4 Å². The number of halogens is 1. The Labute approximate surface area is 176 Å². The normalized spacial score (nSPS) is 27.0. The first-order valence-electron chi connectivity index (χ1n) is 9.53. The summed E-state index contributed by atoms with van der Waals surface area (Å²) >= 11 is 3.32. The molecule has 2 N–H and O–H groups in total. The molecule has 0 radical (unpaired) electrons. The molecule has 1 aromatic heterocycles. The second-order valence-electron chi connectivity index (χ2n) is 8.07. The Morgan fingerprint density at radius 3 is 2.59 bits per heavy atom. The molecule has 3 atom stereocenters. The molecular weight excluding hydrogens is 436 g/mol. The number of anilines is 1. The average molecular weight is 455 g/mol. The fourth-order valence-electron chi connectivity index (χ4n) is 4.46. The van der Waals surface area contributed by atoms with Crippen LogP contribution in [0.2, 0.25) is 0 Å². The monoisotopic (exact) mass is 454 g/mol. The lowest BCUT2D eigenvalue weighted by Crippen LogP contribution is -2.39. The van der Waals surface area contributed by atoms with E-state index in [1.54, 1.807) is 24.3 Å². The van der Waals surface area contributed by atoms with E-state index in [0.29, 0.717) is 34.5 Å². The molecule has 2 unspecified atom stereocenters. The lowest BCUT2D eigenvalue weighted by Gasteiger charge is -2.21. The number of benzene rings is 1. The van der Waals surface area contributed by atoms with Crippen LogP contribution in [0.25, 0.3) is 0 Å². The van der Waals surface area contributed by atoms with Crippen LogP contribution < -0.4 is 10.6 Å². The molecule has 2 aliphatic heterocycles. The number of piperidine rings is 1. The minimum Gasteiger partial charge on any atom is -0.309 e. The van der Waals surface area contributed by atoms with Crippen molar-refractivity contribution in [3.05, 3.63) is 57.7 Å². The van der Waals surface area contributed by atoms with Gasteiger partial charge in [-0.1, -0.05) is 18.2 Å². The fourth-order valence-corrected chi connectivity index (χ4v) is 4.77. The van der Waals surface area contributed by atoms with Gasteiger partial charge in [-0.05, 0) is 59.5 Å². The molecule has 3 amide bonds. The zero-order valence-electron chi connectivity index (χ0n) is 15.7. The molecule has 7 nitrogen and oxygen atoms in total. The van der Waals surface area contributed by atoms with Gasteiger partial charge >= 0.3 is 0 Å². The Kier molecular flexibility index (Phi) is 4.11. The second-order valence-corrected chi connectivity index (χ2v) is 8.89. The first-order chi connectivity index (χ1) is 13.9. The van der Waals surface area contributed by atoms with Crippen LogP contribution in [0, 0.1) is 12.3 Å². The summed E-state index contributed by atoms with van der Waals surface area (Å²) in [7, 11) is 0. The van der Waals surface area contributed by atoms with Gasteiger partial charge in [0, 0.05) is 18.0 Å². The SMILES string of the molecule is Cc1ccc(Br)nc1NC(=O)[C@@H]1CC2(CN3C(=O)c4ccccc4C3=O)CC2N1. The highest BCUT2D eigenvalue weighted by molar-refractivity contribution is 9.10. The molecule has 1 saturated heterocycles. The third-order valence-electron chi connectivity index (χ3n) is 6.18. The minimum absolute atomic E-state index is 0.138. The molecule has 148 valence electrons. The molecule has 5 rings (SSSR count). The average Bonchev–Trinajstić information content (AvgIpc) is 3.17. The van der Waals surface area contributed by atoms with E-state index in [-0.39, 0.29) is 35.2 Å². The molecule has 0 bridgehead atoms. The van der Waals surface area contributed by atoms with E-state index in [9.17, 15) is 14.4 Å². The number of pyridine rings is 1. The van der Waals surface area contributed by atoms with Crippen molar-refractivity contribution < 1.29 is 14.4 Å². The molecule has 1 saturated carbocycles. The highest BCUT2D eigenvalue weighted by Gasteiger charge is 2.63. The van der Waals surface area contributed by atoms with Crippen LogP contribution >= 0.6 is 15.9 Å². The Balaban J connectivity index is 1.28. The molecular formula is C21H19BrN4O3. The van der Waals surface area contributed by atoms with Gasteiger partial charge in [0.25, 0.3) is 11.8 Å². The summed E-state index contributed by atoms with van der Waals surface area (Å²) in [6, 6.07) is 10.4. The molecule has 8 heteroatoms. The van der Waals surface area contributed by atoms with E-state index < -0.39 is 0 Å². The molecule has 2 aromatic rings. The predicted octanol–water partition coefficient (Wildman–Crippen LogP) is 2.51. The van der Waals surface area contributed by atoms with Crippen molar-refractivity contribution >= 4 is 39.5 Å². The fraction of sp³-hybridized carbons (Fsp3) is 0.333. The van der Waals surface area contributed by atoms with Gasteiger partial charge in [-0.15, -0.1) is 0 Å². The van der Waals surface area contributed by atoms with E-state index >= 15 is 0 Å². The number of nitrogens with one attached hydrogen (secondary N) is 2. The number of rotatable bonds is 4. The summed E-state index contributed by atoms with van der Waals surface area (Å²) in [6.07, 6.45) is 1.45. The zero-order chi connectivity index (χ0) is 20.3. The van der Waals surface area contributed by atoms with Gasteiger partial charge in [-0.3, -0.25) is 19.3 Å². The topological polar surface area (TPSA) is 91.4 Å². The number of amides is 3. The lowest BCUT2D eigenvalue weighted by molar-refractivity contribution is -0.118. The third kappa shape index (κ3) is 2.98. The number of hydrogen-bond acceptors (Lipinski definition) is 5. The van der Waals surface area contributed by atoms with Gasteiger partial charge in [0.15, 0.2) is 0 Å². The van der Waals surface area contributed by atoms with E-state index in [1.807, 2.05) is 19.1 Å². The first kappa shape index (κ1) is 18.4. The van der Waals surface area contributed by atoms with Crippen molar-refractivity contribution in [2.24, 2.45) is 5.41 Å². The molecule has 1 aromatic carbocycles. The van der Waals surface area contributed by atoms with E-state index in [4.69, 9.17) is 0 Å². The summed E-state index contributed by atoms with van der Waals surface area (Å²) in [6.45, 7) is 2.23. The lowest BCUT2D eigenvalue weighted by atomic mass is 9.98. The van der Waals surface area contributed by atoms with E-state index in [0.717, 1.165) is 12.0 Å². The largest absolute Gasteiger partial charge is 0.309 e. The van der Waals surface area contributed by atoms with Gasteiger partial charge in [0.2, 0.25) is 5.91 Å². The summed E-state index contributed by atoms with van der Waals surface area (Å²) in [4.78, 5) is 43.8. The zero-order valence-corrected chi connectivity index (χ0v) is 17.3. The van der Waals surface area contributed by atoms with Gasteiger partial charge in [0.05, 0.1) is 17.2 Å². The van der Waals surface area contributed by atoms with Crippen LogP contribution in [-0.2, 0) is 4.79 Å². The van der Waals surface area contributed by atoms with Crippen LogP contribution in [0.15, 0.2) is 41.0 Å². The standard InChI is InChI=1S/C21H19BrN4O3/c1-11-6-7-16(22)24-17(11)25-18(27)14-8-21(9-15(21)23-14)10-26-19(28)12-4-2-3-5-13(12)20(26)29/h2-7,14-15,23H,8-10H2,1H3,(H,24,25,27)/t14-,15?,21?/m0/s1.